The second-order valence-electron chi connectivity index (χ2n) is 10.9. The van der Waals surface area contributed by atoms with E-state index in [1.165, 1.54) is 4.52 Å². The van der Waals surface area contributed by atoms with Crippen molar-refractivity contribution in [2.75, 3.05) is 12.0 Å². The van der Waals surface area contributed by atoms with Gasteiger partial charge in [-0.25, -0.2) is 23.3 Å². The molecule has 2 aliphatic rings. The van der Waals surface area contributed by atoms with Crippen LogP contribution >= 0.6 is 0 Å². The molecule has 4 aromatic heterocycles. The Kier molecular flexibility index (Phi) is 5.97. The minimum Gasteiger partial charge on any atom is -0.382 e. The van der Waals surface area contributed by atoms with Gasteiger partial charge in [0.05, 0.1) is 17.6 Å². The summed E-state index contributed by atoms with van der Waals surface area (Å²) < 4.78 is 27.5. The van der Waals surface area contributed by atoms with E-state index < -0.39 is 15.5 Å². The molecule has 14 heteroatoms. The number of piperidine rings is 1. The molecule has 0 radical (unpaired) electrons. The van der Waals surface area contributed by atoms with Gasteiger partial charge in [0.1, 0.15) is 10.7 Å². The molecule has 13 nitrogen and oxygen atoms in total. The average molecular weight is 586 g/mol. The van der Waals surface area contributed by atoms with Crippen molar-refractivity contribution in [1.82, 2.24) is 39.7 Å². The summed E-state index contributed by atoms with van der Waals surface area (Å²) in [4.78, 5) is 38.4. The van der Waals surface area contributed by atoms with Crippen molar-refractivity contribution >= 4 is 27.2 Å². The van der Waals surface area contributed by atoms with E-state index in [4.69, 9.17) is 10.7 Å². The lowest BCUT2D eigenvalue weighted by Crippen LogP contribution is -2.46. The van der Waals surface area contributed by atoms with Gasteiger partial charge in [0.25, 0.3) is 5.91 Å². The van der Waals surface area contributed by atoms with Gasteiger partial charge in [-0.2, -0.15) is 9.61 Å². The monoisotopic (exact) mass is 585 g/mol. The number of H-pyrrole nitrogens is 2. The Hall–Kier alpha value is -4.85. The highest BCUT2D eigenvalue weighted by Gasteiger charge is 2.46. The number of nitrogens with zero attached hydrogens (tertiary/aromatic N) is 6. The van der Waals surface area contributed by atoms with Gasteiger partial charge in [0, 0.05) is 47.1 Å². The zero-order valence-electron chi connectivity index (χ0n) is 22.6. The highest BCUT2D eigenvalue weighted by Crippen LogP contribution is 2.45. The quantitative estimate of drug-likeness (QED) is 0.278. The number of aromatic amines is 2. The van der Waals surface area contributed by atoms with Gasteiger partial charge in [-0.1, -0.05) is 36.4 Å². The van der Waals surface area contributed by atoms with Gasteiger partial charge in [-0.3, -0.25) is 14.8 Å². The number of sulfone groups is 1. The fraction of sp³-hybridized carbons (Fsp3) is 0.286. The summed E-state index contributed by atoms with van der Waals surface area (Å²) >= 11 is 0. The molecule has 0 aliphatic carbocycles. The number of rotatable bonds is 5. The van der Waals surface area contributed by atoms with Crippen LogP contribution in [0, 0.1) is 0 Å². The summed E-state index contributed by atoms with van der Waals surface area (Å²) in [5, 5.41) is 10.4. The molecule has 5 aromatic rings. The molecular formula is C28H27N9O4S. The summed E-state index contributed by atoms with van der Waals surface area (Å²) in [6.45, 7) is 0. The second kappa shape index (κ2) is 9.62. The summed E-state index contributed by atoms with van der Waals surface area (Å²) in [6.07, 6.45) is 6.98. The van der Waals surface area contributed by atoms with Crippen LogP contribution in [0.3, 0.4) is 0 Å². The van der Waals surface area contributed by atoms with E-state index in [-0.39, 0.29) is 40.4 Å². The molecule has 0 spiro atoms. The number of fused-ring (bicyclic) bond motifs is 3. The van der Waals surface area contributed by atoms with Crippen molar-refractivity contribution in [3.8, 4) is 22.4 Å². The number of hydrogen-bond acceptors (Lipinski definition) is 9. The number of nitrogen functional groups attached to an aromatic ring is 1. The summed E-state index contributed by atoms with van der Waals surface area (Å²) in [5.74, 6) is -0.650. The number of nitrogens with two attached hydrogens (primary N) is 1. The smallest absolute Gasteiger partial charge is 0.341 e. The summed E-state index contributed by atoms with van der Waals surface area (Å²) in [7, 11) is -3.78. The number of carbonyl (C=O) groups excluding carboxylic acids is 1. The Balaban J connectivity index is 1.28. The minimum atomic E-state index is -3.78. The lowest BCUT2D eigenvalue weighted by atomic mass is 9.87. The van der Waals surface area contributed by atoms with Crippen LogP contribution in [0.5, 0.6) is 0 Å². The second-order valence-corrected chi connectivity index (χ2v) is 12.8. The van der Waals surface area contributed by atoms with E-state index in [9.17, 15) is 18.0 Å². The fourth-order valence-electron chi connectivity index (χ4n) is 6.44. The molecule has 2 bridgehead atoms. The Bertz CT molecular complexity index is 1980. The lowest BCUT2D eigenvalue weighted by molar-refractivity contribution is 0.0556. The fourth-order valence-corrected chi connectivity index (χ4v) is 7.50. The third kappa shape index (κ3) is 4.26. The van der Waals surface area contributed by atoms with Crippen LogP contribution in [-0.2, 0) is 9.84 Å². The van der Waals surface area contributed by atoms with Gasteiger partial charge < -0.3 is 10.6 Å². The molecule has 7 rings (SSSR count). The van der Waals surface area contributed by atoms with Crippen LogP contribution in [0.25, 0.3) is 28.0 Å². The number of amides is 1. The molecule has 2 fully saturated rings. The lowest BCUT2D eigenvalue weighted by Gasteiger charge is -2.38. The molecule has 4 N–H and O–H groups in total. The van der Waals surface area contributed by atoms with Crippen LogP contribution < -0.4 is 11.4 Å². The zero-order chi connectivity index (χ0) is 29.2. The van der Waals surface area contributed by atoms with Crippen LogP contribution in [0.15, 0.2) is 64.5 Å². The van der Waals surface area contributed by atoms with Crippen LogP contribution in [-0.4, -0.2) is 72.3 Å². The number of nitrogens with one attached hydrogen (secondary N) is 2. The van der Waals surface area contributed by atoms with Gasteiger partial charge >= 0.3 is 5.69 Å². The number of aromatic nitrogens is 7. The first-order valence-electron chi connectivity index (χ1n) is 13.6. The summed E-state index contributed by atoms with van der Waals surface area (Å²) in [5.41, 5.74) is 10.0. The van der Waals surface area contributed by atoms with Crippen LogP contribution in [0.4, 0.5) is 5.82 Å². The van der Waals surface area contributed by atoms with Crippen molar-refractivity contribution < 1.29 is 13.2 Å². The molecule has 6 heterocycles. The standard InChI is InChI=1S/C28H27N9O4S/c1-42(40,41)23-22(17-11-18-8-9-19(12-17)36(18)27(38)25-33-28(39)35-34-25)32-26-20(14-31-37(26)24(23)29)16-7-10-21(30-13-16)15-5-3-2-4-6-15/h2-7,10,13-14,17-19H,8-9,11-12,29H2,1H3,(H2,33,34,35,39)/t17?,18-,19+. The third-order valence-electron chi connectivity index (χ3n) is 8.24. The maximum Gasteiger partial charge on any atom is 0.341 e. The van der Waals surface area contributed by atoms with Gasteiger partial charge in [0.15, 0.2) is 15.5 Å². The van der Waals surface area contributed by atoms with Gasteiger partial charge in [0.2, 0.25) is 5.82 Å². The predicted octanol–water partition coefficient (Wildman–Crippen LogP) is 2.41. The Labute approximate surface area is 239 Å². The first kappa shape index (κ1) is 26.1. The first-order chi connectivity index (χ1) is 20.2. The number of benzene rings is 1. The van der Waals surface area contributed by atoms with Crippen molar-refractivity contribution in [2.24, 2.45) is 0 Å². The first-order valence-corrected chi connectivity index (χ1v) is 15.4. The minimum absolute atomic E-state index is 0.00225. The van der Waals surface area contributed by atoms with Crippen molar-refractivity contribution in [1.29, 1.82) is 0 Å². The third-order valence-corrected chi connectivity index (χ3v) is 9.40. The molecule has 1 amide bonds. The Morgan fingerprint density at radius 3 is 2.38 bits per heavy atom. The van der Waals surface area contributed by atoms with E-state index in [1.54, 1.807) is 17.3 Å². The highest BCUT2D eigenvalue weighted by atomic mass is 32.2. The Morgan fingerprint density at radius 2 is 1.76 bits per heavy atom. The van der Waals surface area contributed by atoms with Crippen molar-refractivity contribution in [2.45, 2.75) is 48.6 Å². The molecular weight excluding hydrogens is 558 g/mol. The topological polar surface area (TPSA) is 185 Å². The molecule has 2 saturated heterocycles. The number of pyridine rings is 1. The zero-order valence-corrected chi connectivity index (χ0v) is 23.4. The number of carbonyl (C=O) groups is 1. The molecule has 3 atom stereocenters. The maximum absolute atomic E-state index is 13.2. The Morgan fingerprint density at radius 1 is 1.02 bits per heavy atom. The van der Waals surface area contributed by atoms with E-state index in [0.717, 1.165) is 35.9 Å². The van der Waals surface area contributed by atoms with E-state index in [2.05, 4.69) is 25.3 Å². The highest BCUT2D eigenvalue weighted by molar-refractivity contribution is 7.91. The molecule has 1 aromatic carbocycles. The molecule has 0 saturated carbocycles. The number of hydrogen-bond donors (Lipinski definition) is 3. The van der Waals surface area contributed by atoms with Crippen LogP contribution in [0.1, 0.15) is 47.9 Å². The SMILES string of the molecule is CS(=O)(=O)c1c(C2C[C@H]3CC[C@@H](C2)N3C(=O)c2n[nH]c(=O)[nH]2)nc2c(-c3ccc(-c4ccccc4)nc3)cnn2c1N. The molecule has 2 aliphatic heterocycles. The van der Waals surface area contributed by atoms with Crippen molar-refractivity contribution in [3.63, 3.8) is 0 Å². The molecule has 214 valence electrons. The normalized spacial score (nSPS) is 20.3. The van der Waals surface area contributed by atoms with E-state index in [0.29, 0.717) is 29.7 Å². The number of anilines is 1. The van der Waals surface area contributed by atoms with E-state index in [1.807, 2.05) is 42.5 Å². The van der Waals surface area contributed by atoms with Crippen LogP contribution in [0.2, 0.25) is 0 Å². The largest absolute Gasteiger partial charge is 0.382 e. The van der Waals surface area contributed by atoms with Gasteiger partial charge in [-0.15, -0.1) is 5.10 Å². The summed E-state index contributed by atoms with van der Waals surface area (Å²) in [6, 6.07) is 13.3. The molecule has 1 unspecified atom stereocenters. The van der Waals surface area contributed by atoms with Gasteiger partial charge in [-0.05, 0) is 31.7 Å². The predicted molar refractivity (Wildman–Crippen MR) is 153 cm³/mol. The van der Waals surface area contributed by atoms with E-state index >= 15 is 0 Å². The molecule has 42 heavy (non-hydrogen) atoms. The average Bonchev–Trinajstić information content (AvgIpc) is 3.68. The van der Waals surface area contributed by atoms with Crippen molar-refractivity contribution in [3.05, 3.63) is 76.9 Å². The maximum atomic E-state index is 13.2.